The first-order valence-electron chi connectivity index (χ1n) is 6.08. The van der Waals surface area contributed by atoms with Crippen LogP contribution in [0.2, 0.25) is 0 Å². The Labute approximate surface area is 109 Å². The van der Waals surface area contributed by atoms with Crippen LogP contribution in [0.5, 0.6) is 0 Å². The molecule has 1 aliphatic heterocycles. The Morgan fingerprint density at radius 2 is 2.06 bits per heavy atom. The van der Waals surface area contributed by atoms with Crippen LogP contribution in [0.3, 0.4) is 0 Å². The molecule has 0 aromatic carbocycles. The first-order valence-corrected chi connectivity index (χ1v) is 6.46. The monoisotopic (exact) mass is 259 g/mol. The predicted molar refractivity (Wildman–Crippen MR) is 72.3 cm³/mol. The van der Waals surface area contributed by atoms with Gasteiger partial charge in [0.1, 0.15) is 5.16 Å². The van der Waals surface area contributed by atoms with Crippen molar-refractivity contribution in [1.82, 2.24) is 10.2 Å². The molecule has 1 fully saturated rings. The third kappa shape index (κ3) is 4.21. The van der Waals surface area contributed by atoms with Gasteiger partial charge >= 0.3 is 0 Å². The molecule has 2 atom stereocenters. The Kier molecular flexibility index (Phi) is 5.78. The highest BCUT2D eigenvalue weighted by Gasteiger charge is 2.24. The fourth-order valence-electron chi connectivity index (χ4n) is 1.92. The summed E-state index contributed by atoms with van der Waals surface area (Å²) in [5.41, 5.74) is 0. The Balaban J connectivity index is 2.86. The molecule has 1 N–H and O–H groups in total. The fourth-order valence-corrected chi connectivity index (χ4v) is 2.09. The van der Waals surface area contributed by atoms with Crippen LogP contribution in [-0.2, 0) is 4.74 Å². The van der Waals surface area contributed by atoms with E-state index in [0.29, 0.717) is 5.16 Å². The van der Waals surface area contributed by atoms with Gasteiger partial charge < -0.3 is 15.0 Å². The molecule has 0 saturated carbocycles. The molecule has 1 rings (SSSR count). The number of halogens is 1. The number of aliphatic imine (C=N–C) groups is 1. The number of hydrogen-bond acceptors (Lipinski definition) is 4. The van der Waals surface area contributed by atoms with E-state index in [1.165, 1.54) is 0 Å². The summed E-state index contributed by atoms with van der Waals surface area (Å²) in [5.74, 6) is 0.804. The van der Waals surface area contributed by atoms with E-state index in [1.807, 2.05) is 6.21 Å². The van der Waals surface area contributed by atoms with E-state index in [9.17, 15) is 0 Å². The zero-order valence-corrected chi connectivity index (χ0v) is 11.8. The maximum Gasteiger partial charge on any atom is 0.163 e. The van der Waals surface area contributed by atoms with E-state index in [-0.39, 0.29) is 12.2 Å². The molecule has 17 heavy (non-hydrogen) atoms. The van der Waals surface area contributed by atoms with Gasteiger partial charge in [0.05, 0.1) is 12.2 Å². The minimum absolute atomic E-state index is 0.201. The standard InChI is InChI=1S/C12H22ClN3O/c1-5-6-15-12(11(13)14-4)16-7-9(2)17-10(3)8-16/h6,9-10,14H,5,7-8H2,1-4H3/b12-11+,15-6-/t9-,10?/m1/s1. The van der Waals surface area contributed by atoms with Crippen LogP contribution in [0.1, 0.15) is 27.2 Å². The lowest BCUT2D eigenvalue weighted by Gasteiger charge is -2.37. The lowest BCUT2D eigenvalue weighted by atomic mass is 10.2. The second-order valence-corrected chi connectivity index (χ2v) is 4.65. The van der Waals surface area contributed by atoms with E-state index in [4.69, 9.17) is 16.3 Å². The molecule has 0 aromatic heterocycles. The van der Waals surface area contributed by atoms with Crippen LogP contribution in [0.15, 0.2) is 16.0 Å². The number of hydrogen-bond donors (Lipinski definition) is 1. The highest BCUT2D eigenvalue weighted by Crippen LogP contribution is 2.20. The van der Waals surface area contributed by atoms with Gasteiger partial charge in [-0.05, 0) is 20.3 Å². The molecule has 1 unspecified atom stereocenters. The molecule has 4 nitrogen and oxygen atoms in total. The Hall–Kier alpha value is -0.740. The summed E-state index contributed by atoms with van der Waals surface area (Å²) in [7, 11) is 1.80. The lowest BCUT2D eigenvalue weighted by Crippen LogP contribution is -2.45. The first kappa shape index (κ1) is 14.3. The highest BCUT2D eigenvalue weighted by molar-refractivity contribution is 6.29. The zero-order valence-electron chi connectivity index (χ0n) is 11.0. The number of ether oxygens (including phenoxy) is 1. The summed E-state index contributed by atoms with van der Waals surface area (Å²) in [6.45, 7) is 7.82. The second kappa shape index (κ2) is 6.87. The molecule has 0 radical (unpaired) electrons. The summed E-state index contributed by atoms with van der Waals surface area (Å²) >= 11 is 6.17. The molecule has 0 amide bonds. The summed E-state index contributed by atoms with van der Waals surface area (Å²) in [4.78, 5) is 6.61. The van der Waals surface area contributed by atoms with Crippen molar-refractivity contribution in [3.05, 3.63) is 11.0 Å². The lowest BCUT2D eigenvalue weighted by molar-refractivity contribution is -0.0582. The van der Waals surface area contributed by atoms with E-state index < -0.39 is 0 Å². The SMILES string of the molecule is CC/C=N\C(=C(\Cl)NC)N1CC(C)O[C@H](C)C1. The van der Waals surface area contributed by atoms with Crippen molar-refractivity contribution in [2.24, 2.45) is 4.99 Å². The second-order valence-electron chi connectivity index (χ2n) is 4.27. The Bertz CT molecular complexity index is 294. The van der Waals surface area contributed by atoms with Gasteiger partial charge in [0.2, 0.25) is 0 Å². The van der Waals surface area contributed by atoms with E-state index in [2.05, 4.69) is 36.0 Å². The average molecular weight is 260 g/mol. The van der Waals surface area contributed by atoms with Crippen molar-refractivity contribution in [2.45, 2.75) is 39.4 Å². The molecule has 0 aromatic rings. The molecule has 5 heteroatoms. The van der Waals surface area contributed by atoms with E-state index in [1.54, 1.807) is 7.05 Å². The van der Waals surface area contributed by atoms with Crippen molar-refractivity contribution in [3.63, 3.8) is 0 Å². The average Bonchev–Trinajstić information content (AvgIpc) is 2.28. The zero-order chi connectivity index (χ0) is 12.8. The largest absolute Gasteiger partial charge is 0.376 e. The number of rotatable bonds is 4. The van der Waals surface area contributed by atoms with Crippen molar-refractivity contribution >= 4 is 17.8 Å². The number of morpholine rings is 1. The first-order chi connectivity index (χ1) is 8.08. The Morgan fingerprint density at radius 3 is 2.53 bits per heavy atom. The van der Waals surface area contributed by atoms with Crippen molar-refractivity contribution in [1.29, 1.82) is 0 Å². The van der Waals surface area contributed by atoms with Gasteiger partial charge in [0.25, 0.3) is 0 Å². The van der Waals surface area contributed by atoms with Crippen LogP contribution in [0, 0.1) is 0 Å². The summed E-state index contributed by atoms with van der Waals surface area (Å²) in [5, 5.41) is 3.53. The molecule has 1 saturated heterocycles. The van der Waals surface area contributed by atoms with Gasteiger partial charge in [-0.1, -0.05) is 18.5 Å². The predicted octanol–water partition coefficient (Wildman–Crippen LogP) is 2.16. The normalized spacial score (nSPS) is 27.2. The number of nitrogens with zero attached hydrogens (tertiary/aromatic N) is 2. The van der Waals surface area contributed by atoms with Crippen molar-refractivity contribution in [3.8, 4) is 0 Å². The maximum absolute atomic E-state index is 6.17. The molecule has 1 heterocycles. The van der Waals surface area contributed by atoms with Crippen LogP contribution >= 0.6 is 11.6 Å². The van der Waals surface area contributed by atoms with Gasteiger partial charge in [0, 0.05) is 26.4 Å². The highest BCUT2D eigenvalue weighted by atomic mass is 35.5. The van der Waals surface area contributed by atoms with Crippen molar-refractivity contribution in [2.75, 3.05) is 20.1 Å². The van der Waals surface area contributed by atoms with Gasteiger partial charge in [-0.25, -0.2) is 4.99 Å². The fraction of sp³-hybridized carbons (Fsp3) is 0.750. The minimum Gasteiger partial charge on any atom is -0.376 e. The van der Waals surface area contributed by atoms with Crippen LogP contribution in [-0.4, -0.2) is 43.5 Å². The summed E-state index contributed by atoms with van der Waals surface area (Å²) in [6.07, 6.45) is 3.17. The molecule has 98 valence electrons. The van der Waals surface area contributed by atoms with Crippen LogP contribution in [0.4, 0.5) is 0 Å². The van der Waals surface area contributed by atoms with Gasteiger partial charge in [-0.3, -0.25) is 0 Å². The van der Waals surface area contributed by atoms with Gasteiger partial charge in [0.15, 0.2) is 5.82 Å². The van der Waals surface area contributed by atoms with Crippen molar-refractivity contribution < 1.29 is 4.74 Å². The molecule has 0 bridgehead atoms. The summed E-state index contributed by atoms with van der Waals surface area (Å²) < 4.78 is 5.70. The van der Waals surface area contributed by atoms with Crippen LogP contribution in [0.25, 0.3) is 0 Å². The molecule has 0 aliphatic carbocycles. The minimum atomic E-state index is 0.201. The maximum atomic E-state index is 6.17. The van der Waals surface area contributed by atoms with E-state index in [0.717, 1.165) is 25.3 Å². The van der Waals surface area contributed by atoms with E-state index >= 15 is 0 Å². The third-order valence-electron chi connectivity index (χ3n) is 2.53. The molecular weight excluding hydrogens is 238 g/mol. The molecular formula is C12H22ClN3O. The number of nitrogens with one attached hydrogen (secondary N) is 1. The Morgan fingerprint density at radius 1 is 1.47 bits per heavy atom. The smallest absolute Gasteiger partial charge is 0.163 e. The third-order valence-corrected chi connectivity index (χ3v) is 2.89. The van der Waals surface area contributed by atoms with Gasteiger partial charge in [-0.2, -0.15) is 0 Å². The molecule has 0 spiro atoms. The van der Waals surface area contributed by atoms with Crippen LogP contribution < -0.4 is 5.32 Å². The summed E-state index contributed by atoms with van der Waals surface area (Å²) in [6, 6.07) is 0. The topological polar surface area (TPSA) is 36.9 Å². The molecule has 1 aliphatic rings. The quantitative estimate of drug-likeness (QED) is 0.621. The van der Waals surface area contributed by atoms with Gasteiger partial charge in [-0.15, -0.1) is 0 Å².